The number of thiophene rings is 1. The van der Waals surface area contributed by atoms with Gasteiger partial charge in [-0.25, -0.2) is 0 Å². The van der Waals surface area contributed by atoms with Gasteiger partial charge in [-0.1, -0.05) is 52.0 Å². The van der Waals surface area contributed by atoms with Gasteiger partial charge in [0, 0.05) is 5.69 Å². The number of hydrogen-bond donors (Lipinski definition) is 1. The molecule has 2 aromatic rings. The monoisotopic (exact) mass is 263 g/mol. The van der Waals surface area contributed by atoms with Gasteiger partial charge >= 0.3 is 0 Å². The molecule has 0 saturated heterocycles. The van der Waals surface area contributed by atoms with Gasteiger partial charge in [-0.2, -0.15) is 0 Å². The van der Waals surface area contributed by atoms with Gasteiger partial charge in [0.25, 0.3) is 5.91 Å². The van der Waals surface area contributed by atoms with Crippen LogP contribution in [-0.4, -0.2) is 5.91 Å². The van der Waals surface area contributed by atoms with Crippen LogP contribution >= 0.6 is 11.3 Å². The molecular weight excluding hydrogens is 242 g/mol. The van der Waals surface area contributed by atoms with Crippen LogP contribution < -0.4 is 5.32 Å². The predicted molar refractivity (Wildman–Crippen MR) is 81.4 cm³/mol. The average molecular weight is 263 g/mol. The topological polar surface area (TPSA) is 29.1 Å². The van der Waals surface area contributed by atoms with Gasteiger partial charge in [-0.05, 0) is 23.6 Å². The summed E-state index contributed by atoms with van der Waals surface area (Å²) in [6, 6.07) is 13.1. The van der Waals surface area contributed by atoms with Gasteiger partial charge in [-0.3, -0.25) is 4.79 Å². The van der Waals surface area contributed by atoms with Crippen LogP contribution in [0.4, 0.5) is 5.69 Å². The summed E-state index contributed by atoms with van der Waals surface area (Å²) in [6.07, 6.45) is 0. The molecule has 0 radical (unpaired) electrons. The lowest BCUT2D eigenvalue weighted by atomic mass is 10.3. The van der Waals surface area contributed by atoms with E-state index in [1.165, 1.54) is 11.3 Å². The minimum Gasteiger partial charge on any atom is -0.321 e. The summed E-state index contributed by atoms with van der Waals surface area (Å²) in [7, 11) is 0. The maximum atomic E-state index is 11.6. The Labute approximate surface area is 114 Å². The van der Waals surface area contributed by atoms with Crippen molar-refractivity contribution in [2.24, 2.45) is 0 Å². The van der Waals surface area contributed by atoms with Crippen LogP contribution in [0.15, 0.2) is 47.8 Å². The van der Waals surface area contributed by atoms with Gasteiger partial charge in [-0.15, -0.1) is 11.3 Å². The minimum absolute atomic E-state index is 0.0498. The second-order valence-corrected chi connectivity index (χ2v) is 3.75. The largest absolute Gasteiger partial charge is 0.321 e. The van der Waals surface area contributed by atoms with Crippen LogP contribution in [0.2, 0.25) is 0 Å². The summed E-state index contributed by atoms with van der Waals surface area (Å²) in [6.45, 7) is 8.00. The summed E-state index contributed by atoms with van der Waals surface area (Å²) in [5.74, 6) is -0.0498. The van der Waals surface area contributed by atoms with Crippen molar-refractivity contribution in [3.63, 3.8) is 0 Å². The number of amides is 1. The van der Waals surface area contributed by atoms with Crippen molar-refractivity contribution in [1.29, 1.82) is 0 Å². The second kappa shape index (κ2) is 10.5. The predicted octanol–water partition coefficient (Wildman–Crippen LogP) is 5.05. The summed E-state index contributed by atoms with van der Waals surface area (Å²) in [5, 5.41) is 4.70. The molecule has 1 aromatic heterocycles. The first-order valence-electron chi connectivity index (χ1n) is 6.26. The number of nitrogens with one attached hydrogen (secondary N) is 1. The Morgan fingerprint density at radius 1 is 0.944 bits per heavy atom. The highest BCUT2D eigenvalue weighted by Gasteiger charge is 2.05. The highest BCUT2D eigenvalue weighted by molar-refractivity contribution is 7.12. The molecule has 0 atom stereocenters. The Morgan fingerprint density at radius 3 is 2.06 bits per heavy atom. The first kappa shape index (κ1) is 16.4. The van der Waals surface area contributed by atoms with E-state index in [1.807, 2.05) is 75.5 Å². The molecule has 3 heteroatoms. The van der Waals surface area contributed by atoms with Crippen molar-refractivity contribution in [1.82, 2.24) is 0 Å². The van der Waals surface area contributed by atoms with E-state index < -0.39 is 0 Å². The Bertz CT molecular complexity index is 409. The van der Waals surface area contributed by atoms with E-state index in [9.17, 15) is 4.79 Å². The number of benzene rings is 1. The second-order valence-electron chi connectivity index (χ2n) is 2.80. The van der Waals surface area contributed by atoms with E-state index in [0.717, 1.165) is 10.6 Å². The molecule has 1 amide bonds. The van der Waals surface area contributed by atoms with Crippen LogP contribution in [0.25, 0.3) is 0 Å². The van der Waals surface area contributed by atoms with Crippen LogP contribution in [0, 0.1) is 0 Å². The van der Waals surface area contributed by atoms with Crippen molar-refractivity contribution in [3.05, 3.63) is 52.7 Å². The zero-order valence-corrected chi connectivity index (χ0v) is 12.3. The fourth-order valence-corrected chi connectivity index (χ4v) is 1.74. The Balaban J connectivity index is 0.000000659. The molecule has 1 aromatic carbocycles. The Hall–Kier alpha value is -1.61. The number of rotatable bonds is 2. The highest BCUT2D eigenvalue weighted by Crippen LogP contribution is 2.12. The maximum absolute atomic E-state index is 11.6. The lowest BCUT2D eigenvalue weighted by molar-refractivity contribution is 0.103. The molecule has 0 aliphatic carbocycles. The van der Waals surface area contributed by atoms with E-state index in [0.29, 0.717) is 0 Å². The quantitative estimate of drug-likeness (QED) is 0.806. The summed E-state index contributed by atoms with van der Waals surface area (Å²) >= 11 is 1.44. The summed E-state index contributed by atoms with van der Waals surface area (Å²) in [4.78, 5) is 12.3. The fraction of sp³-hybridized carbons (Fsp3) is 0.267. The lowest BCUT2D eigenvalue weighted by Crippen LogP contribution is -2.09. The Morgan fingerprint density at radius 2 is 1.56 bits per heavy atom. The molecule has 1 N–H and O–H groups in total. The zero-order chi connectivity index (χ0) is 13.8. The van der Waals surface area contributed by atoms with Crippen LogP contribution in [0.5, 0.6) is 0 Å². The molecule has 0 unspecified atom stereocenters. The molecule has 0 spiro atoms. The van der Waals surface area contributed by atoms with E-state index in [-0.39, 0.29) is 5.91 Å². The first-order valence-corrected chi connectivity index (χ1v) is 7.14. The summed E-state index contributed by atoms with van der Waals surface area (Å²) in [5.41, 5.74) is 0.825. The van der Waals surface area contributed by atoms with Crippen molar-refractivity contribution in [3.8, 4) is 0 Å². The number of carbonyl (C=O) groups is 1. The van der Waals surface area contributed by atoms with Crippen molar-refractivity contribution in [2.75, 3.05) is 5.32 Å². The minimum atomic E-state index is -0.0498. The summed E-state index contributed by atoms with van der Waals surface area (Å²) < 4.78 is 0. The number of anilines is 1. The van der Waals surface area contributed by atoms with Crippen molar-refractivity contribution in [2.45, 2.75) is 27.7 Å². The zero-order valence-electron chi connectivity index (χ0n) is 11.4. The van der Waals surface area contributed by atoms with Crippen LogP contribution in [0.3, 0.4) is 0 Å². The third-order valence-electron chi connectivity index (χ3n) is 1.78. The number of para-hydroxylation sites is 1. The maximum Gasteiger partial charge on any atom is 0.265 e. The van der Waals surface area contributed by atoms with E-state index >= 15 is 0 Å². The molecule has 0 bridgehead atoms. The van der Waals surface area contributed by atoms with Gasteiger partial charge in [0.1, 0.15) is 0 Å². The van der Waals surface area contributed by atoms with E-state index in [2.05, 4.69) is 5.32 Å². The van der Waals surface area contributed by atoms with Crippen LogP contribution in [0.1, 0.15) is 37.4 Å². The molecule has 0 fully saturated rings. The molecular formula is C15H21NOS. The number of carbonyl (C=O) groups excluding carboxylic acids is 1. The van der Waals surface area contributed by atoms with E-state index in [1.54, 1.807) is 0 Å². The third kappa shape index (κ3) is 5.64. The normalized spacial score (nSPS) is 8.22. The molecule has 0 saturated carbocycles. The highest BCUT2D eigenvalue weighted by atomic mass is 32.1. The average Bonchev–Trinajstić information content (AvgIpc) is 2.99. The molecule has 2 nitrogen and oxygen atoms in total. The molecule has 98 valence electrons. The standard InChI is InChI=1S/C11H9NOS.2C2H6/c13-11(10-7-4-8-14-10)12-9-5-2-1-3-6-9;2*1-2/h1-8H,(H,12,13);2*1-2H3. The smallest absolute Gasteiger partial charge is 0.265 e. The molecule has 0 aliphatic heterocycles. The number of hydrogen-bond acceptors (Lipinski definition) is 2. The van der Waals surface area contributed by atoms with Crippen molar-refractivity contribution < 1.29 is 4.79 Å². The fourth-order valence-electron chi connectivity index (χ4n) is 1.12. The van der Waals surface area contributed by atoms with Gasteiger partial charge in [0.2, 0.25) is 0 Å². The third-order valence-corrected chi connectivity index (χ3v) is 2.65. The molecule has 18 heavy (non-hydrogen) atoms. The first-order chi connectivity index (χ1) is 8.86. The van der Waals surface area contributed by atoms with Gasteiger partial charge < -0.3 is 5.32 Å². The molecule has 1 heterocycles. The molecule has 0 aliphatic rings. The SMILES string of the molecule is CC.CC.O=C(Nc1ccccc1)c1cccs1. The van der Waals surface area contributed by atoms with Gasteiger partial charge in [0.15, 0.2) is 0 Å². The van der Waals surface area contributed by atoms with Crippen molar-refractivity contribution >= 4 is 22.9 Å². The van der Waals surface area contributed by atoms with E-state index in [4.69, 9.17) is 0 Å². The lowest BCUT2D eigenvalue weighted by Gasteiger charge is -2.01. The van der Waals surface area contributed by atoms with Gasteiger partial charge in [0.05, 0.1) is 4.88 Å². The van der Waals surface area contributed by atoms with Crippen LogP contribution in [-0.2, 0) is 0 Å². The molecule has 2 rings (SSSR count). The Kier molecular flexibility index (Phi) is 9.60.